The predicted molar refractivity (Wildman–Crippen MR) is 202 cm³/mol. The summed E-state index contributed by atoms with van der Waals surface area (Å²) in [5.41, 5.74) is 1.11. The molecule has 2 heterocycles. The molecule has 1 saturated heterocycles. The van der Waals surface area contributed by atoms with E-state index in [1.165, 1.54) is 30.5 Å². The fourth-order valence-electron chi connectivity index (χ4n) is 9.85. The molecule has 0 amide bonds. The Morgan fingerprint density at radius 2 is 1.71 bits per heavy atom. The topological polar surface area (TPSA) is 95.9 Å². The maximum absolute atomic E-state index is 13.0. The molecule has 9 nitrogen and oxygen atoms in total. The number of aromatic hydroxyl groups is 1. The van der Waals surface area contributed by atoms with E-state index in [1.807, 2.05) is 43.4 Å². The lowest BCUT2D eigenvalue weighted by Crippen LogP contribution is -2.78. The molecular formula is C43H54F3N3O6. The quantitative estimate of drug-likeness (QED) is 0.133. The van der Waals surface area contributed by atoms with Crippen LogP contribution in [0.3, 0.4) is 0 Å². The van der Waals surface area contributed by atoms with Gasteiger partial charge in [0.05, 0.1) is 43.0 Å². The van der Waals surface area contributed by atoms with Gasteiger partial charge < -0.3 is 39.4 Å². The van der Waals surface area contributed by atoms with Crippen molar-refractivity contribution in [3.63, 3.8) is 0 Å². The van der Waals surface area contributed by atoms with Gasteiger partial charge in [0.15, 0.2) is 11.5 Å². The first kappa shape index (κ1) is 38.5. The Kier molecular flexibility index (Phi) is 11.1. The highest BCUT2D eigenvalue weighted by Crippen LogP contribution is 2.65. The maximum Gasteiger partial charge on any atom is 0.416 e. The average molecular weight is 766 g/mol. The van der Waals surface area contributed by atoms with Crippen molar-refractivity contribution >= 4 is 0 Å². The lowest BCUT2D eigenvalue weighted by atomic mass is 9.48. The molecule has 3 aromatic rings. The van der Waals surface area contributed by atoms with Gasteiger partial charge in [-0.05, 0) is 99.5 Å². The van der Waals surface area contributed by atoms with Crippen molar-refractivity contribution in [2.24, 2.45) is 5.92 Å². The normalized spacial score (nSPS) is 27.5. The maximum atomic E-state index is 13.0. The van der Waals surface area contributed by atoms with E-state index < -0.39 is 22.8 Å². The molecule has 12 heteroatoms. The zero-order valence-corrected chi connectivity index (χ0v) is 31.6. The second kappa shape index (κ2) is 15.9. The van der Waals surface area contributed by atoms with E-state index in [9.17, 15) is 23.4 Å². The van der Waals surface area contributed by atoms with Crippen LogP contribution in [0.5, 0.6) is 17.2 Å². The number of nitrogens with zero attached hydrogens (tertiary/aromatic N) is 2. The Labute approximate surface area is 321 Å². The monoisotopic (exact) mass is 765 g/mol. The Morgan fingerprint density at radius 1 is 0.945 bits per heavy atom. The molecule has 2 unspecified atom stereocenters. The van der Waals surface area contributed by atoms with Gasteiger partial charge in [-0.25, -0.2) is 0 Å². The third kappa shape index (κ3) is 7.70. The van der Waals surface area contributed by atoms with E-state index in [0.717, 1.165) is 61.5 Å². The summed E-state index contributed by atoms with van der Waals surface area (Å²) in [4.78, 5) is 4.71. The first-order valence-electron chi connectivity index (χ1n) is 20.0. The van der Waals surface area contributed by atoms with E-state index >= 15 is 0 Å². The van der Waals surface area contributed by atoms with Crippen LogP contribution in [-0.2, 0) is 27.5 Å². The van der Waals surface area contributed by atoms with E-state index in [2.05, 4.69) is 15.1 Å². The first-order chi connectivity index (χ1) is 26.6. The number of phenols is 1. The molecule has 6 atom stereocenters. The van der Waals surface area contributed by atoms with E-state index in [4.69, 9.17) is 18.9 Å². The van der Waals surface area contributed by atoms with Gasteiger partial charge in [0.2, 0.25) is 0 Å². The number of ether oxygens (including phenoxy) is 4. The van der Waals surface area contributed by atoms with Gasteiger partial charge in [-0.2, -0.15) is 13.2 Å². The van der Waals surface area contributed by atoms with Crippen LogP contribution in [0.15, 0.2) is 66.7 Å². The SMILES string of the molecule is CN(CCOCCOCCNC1CC[C@@]2(O)[C@H]3Cc4ccc(O)c5c4[C@@]2(CCN3CC2CC2)[C@H]1O5)CCC(Oc1ccc(C(F)(F)F)cc1)c1ccccc1. The van der Waals surface area contributed by atoms with Crippen LogP contribution in [0, 0.1) is 5.92 Å². The number of piperidine rings is 1. The van der Waals surface area contributed by atoms with Crippen LogP contribution in [0.25, 0.3) is 0 Å². The molecule has 1 spiro atoms. The van der Waals surface area contributed by atoms with Crippen LogP contribution in [0.2, 0.25) is 0 Å². The van der Waals surface area contributed by atoms with Gasteiger partial charge >= 0.3 is 6.18 Å². The number of aliphatic hydroxyl groups is 1. The minimum Gasteiger partial charge on any atom is -0.504 e. The molecule has 55 heavy (non-hydrogen) atoms. The molecule has 2 bridgehead atoms. The second-order valence-electron chi connectivity index (χ2n) is 16.2. The Hall–Kier alpha value is -3.39. The van der Waals surface area contributed by atoms with E-state index in [0.29, 0.717) is 70.4 Å². The van der Waals surface area contributed by atoms with Crippen molar-refractivity contribution in [2.75, 3.05) is 66.2 Å². The third-order valence-electron chi connectivity index (χ3n) is 12.8. The molecule has 2 saturated carbocycles. The van der Waals surface area contributed by atoms with E-state index in [1.54, 1.807) is 6.07 Å². The summed E-state index contributed by atoms with van der Waals surface area (Å²) < 4.78 is 63.7. The lowest BCUT2D eigenvalue weighted by molar-refractivity contribution is -0.191. The highest BCUT2D eigenvalue weighted by Gasteiger charge is 2.72. The average Bonchev–Trinajstić information content (AvgIpc) is 3.92. The van der Waals surface area contributed by atoms with Crippen molar-refractivity contribution < 1.29 is 42.3 Å². The second-order valence-corrected chi connectivity index (χ2v) is 16.2. The van der Waals surface area contributed by atoms with Gasteiger partial charge in [-0.3, -0.25) is 4.90 Å². The van der Waals surface area contributed by atoms with Crippen molar-refractivity contribution in [1.29, 1.82) is 0 Å². The van der Waals surface area contributed by atoms with Gasteiger partial charge in [-0.15, -0.1) is 0 Å². The fraction of sp³-hybridized carbons (Fsp3) is 0.581. The number of likely N-dealkylation sites (N-methyl/N-ethyl adjacent to an activating group) is 1. The highest BCUT2D eigenvalue weighted by atomic mass is 19.4. The van der Waals surface area contributed by atoms with Crippen LogP contribution in [0.1, 0.15) is 66.9 Å². The summed E-state index contributed by atoms with van der Waals surface area (Å²) in [6, 6.07) is 18.5. The largest absolute Gasteiger partial charge is 0.504 e. The predicted octanol–water partition coefficient (Wildman–Crippen LogP) is 6.11. The molecule has 3 N–H and O–H groups in total. The summed E-state index contributed by atoms with van der Waals surface area (Å²) >= 11 is 0. The van der Waals surface area contributed by atoms with Crippen LogP contribution in [-0.4, -0.2) is 110 Å². The standard InChI is InChI=1S/C43H54F3N3O6/c1-48(20-16-36(30-5-3-2-4-6-30)54-33-12-10-32(11-13-33)43(44,45)46)22-24-53-26-25-52-23-19-47-34-15-17-42(51)37-27-31-9-14-35(50)39-38(31)41(42,40(34)55-39)18-21-49(37)28-29-7-8-29/h2-6,9-14,29,34,36-37,40,47,50-51H,7-8,15-28H2,1H3/t34?,36?,37-,40+,41+,42-/m1/s1. The Morgan fingerprint density at radius 3 is 2.45 bits per heavy atom. The number of phenolic OH excluding ortho intramolecular Hbond substituents is 1. The minimum atomic E-state index is -4.39. The zero-order valence-electron chi connectivity index (χ0n) is 31.6. The summed E-state index contributed by atoms with van der Waals surface area (Å²) in [5.74, 6) is 1.89. The van der Waals surface area contributed by atoms with Crippen molar-refractivity contribution in [2.45, 2.75) is 86.4 Å². The molecule has 0 aromatic heterocycles. The number of alkyl halides is 3. The zero-order chi connectivity index (χ0) is 38.2. The summed E-state index contributed by atoms with van der Waals surface area (Å²) in [7, 11) is 2.01. The number of nitrogens with one attached hydrogen (secondary N) is 1. The van der Waals surface area contributed by atoms with E-state index in [-0.39, 0.29) is 30.0 Å². The minimum absolute atomic E-state index is 0.0332. The van der Waals surface area contributed by atoms with Crippen LogP contribution >= 0.6 is 0 Å². The van der Waals surface area contributed by atoms with Gasteiger partial charge in [-0.1, -0.05) is 36.4 Å². The summed E-state index contributed by atoms with van der Waals surface area (Å²) in [5, 5.41) is 27.2. The molecule has 0 radical (unpaired) electrons. The fourth-order valence-corrected chi connectivity index (χ4v) is 9.85. The third-order valence-corrected chi connectivity index (χ3v) is 12.8. The van der Waals surface area contributed by atoms with Crippen molar-refractivity contribution in [3.8, 4) is 17.2 Å². The van der Waals surface area contributed by atoms with Crippen molar-refractivity contribution in [3.05, 3.63) is 89.0 Å². The highest BCUT2D eigenvalue weighted by molar-refractivity contribution is 5.62. The Balaban J connectivity index is 0.760. The number of rotatable bonds is 18. The van der Waals surface area contributed by atoms with Crippen LogP contribution in [0.4, 0.5) is 13.2 Å². The van der Waals surface area contributed by atoms with Crippen molar-refractivity contribution in [1.82, 2.24) is 15.1 Å². The molecule has 2 aliphatic heterocycles. The molecular weight excluding hydrogens is 711 g/mol. The van der Waals surface area contributed by atoms with Gasteiger partial charge in [0, 0.05) is 50.2 Å². The van der Waals surface area contributed by atoms with Crippen LogP contribution < -0.4 is 14.8 Å². The number of hydrogen-bond acceptors (Lipinski definition) is 9. The summed E-state index contributed by atoms with van der Waals surface area (Å²) in [6.45, 7) is 6.07. The molecule has 3 aliphatic carbocycles. The number of likely N-dealkylation sites (tertiary alicyclic amines) is 1. The summed E-state index contributed by atoms with van der Waals surface area (Å²) in [6.07, 6.45) is 1.40. The molecule has 5 aliphatic rings. The molecule has 298 valence electrons. The smallest absolute Gasteiger partial charge is 0.416 e. The van der Waals surface area contributed by atoms with Gasteiger partial charge in [0.25, 0.3) is 0 Å². The van der Waals surface area contributed by atoms with Gasteiger partial charge in [0.1, 0.15) is 18.0 Å². The number of hydrogen-bond donors (Lipinski definition) is 3. The number of halogens is 3. The number of benzene rings is 3. The molecule has 8 rings (SSSR count). The first-order valence-corrected chi connectivity index (χ1v) is 20.0. The molecule has 3 aromatic carbocycles. The lowest BCUT2D eigenvalue weighted by Gasteiger charge is -2.64. The molecule has 3 fully saturated rings. The Bertz CT molecular complexity index is 1760.